The van der Waals surface area contributed by atoms with E-state index in [1.807, 2.05) is 55.7 Å². The molecule has 8 amide bonds. The van der Waals surface area contributed by atoms with Crippen molar-refractivity contribution in [2.45, 2.75) is 176 Å². The molecule has 5 N–H and O–H groups in total. The number of unbranched alkanes of at least 4 members (excludes halogenated alkanes) is 2. The zero-order valence-electron chi connectivity index (χ0n) is 51.8. The summed E-state index contributed by atoms with van der Waals surface area (Å²) in [7, 11) is 0. The molecule has 20 nitrogen and oxygen atoms in total. The molecule has 1 aromatic heterocycles. The number of aliphatic carboxylic acids is 1. The number of esters is 1. The molecule has 2 heterocycles. The Morgan fingerprint density at radius 2 is 1.40 bits per heavy atom. The molecular weight excluding hydrogens is 1130 g/mol. The molecule has 0 aliphatic carbocycles. The first-order valence-electron chi connectivity index (χ1n) is 29.2. The summed E-state index contributed by atoms with van der Waals surface area (Å²) in [4.78, 5) is 134. The summed E-state index contributed by atoms with van der Waals surface area (Å²) in [5, 5.41) is 20.7. The van der Waals surface area contributed by atoms with Crippen LogP contribution in [0.1, 0.15) is 152 Å². The van der Waals surface area contributed by atoms with Gasteiger partial charge < -0.3 is 45.5 Å². The largest absolute Gasteiger partial charge is 0.481 e. The van der Waals surface area contributed by atoms with Gasteiger partial charge in [0.15, 0.2) is 0 Å². The fraction of sp³-hybridized carbons (Fsp3) is 0.556. The molecule has 86 heavy (non-hydrogen) atoms. The molecule has 472 valence electrons. The maximum absolute atomic E-state index is 15.5. The lowest BCUT2D eigenvalue weighted by Gasteiger charge is -2.41. The van der Waals surface area contributed by atoms with Crippen LogP contribution in [0.4, 0.5) is 8.78 Å². The predicted molar refractivity (Wildman–Crippen MR) is 324 cm³/mol. The quantitative estimate of drug-likeness (QED) is 0.0231. The molecule has 4 atom stereocenters. The summed E-state index contributed by atoms with van der Waals surface area (Å²) in [6.07, 6.45) is 5.06. The maximum Gasteiger partial charge on any atom is 0.330 e. The smallest absolute Gasteiger partial charge is 0.330 e. The molecule has 0 saturated carbocycles. The number of ether oxygens (including phenoxy) is 1. The third-order valence-corrected chi connectivity index (χ3v) is 14.8. The topological polar surface area (TPSA) is 263 Å². The van der Waals surface area contributed by atoms with Crippen LogP contribution < -0.4 is 21.3 Å². The Hall–Kier alpha value is -7.43. The van der Waals surface area contributed by atoms with E-state index in [1.165, 1.54) is 35.7 Å². The number of rotatable bonds is 32. The highest BCUT2D eigenvalue weighted by molar-refractivity contribution is 7.99. The number of carboxylic acid groups (broad SMARTS) is 1. The van der Waals surface area contributed by atoms with Crippen molar-refractivity contribution in [1.82, 2.24) is 40.5 Å². The number of benzene rings is 2. The van der Waals surface area contributed by atoms with Crippen LogP contribution in [0, 0.1) is 23.0 Å². The Morgan fingerprint density at radius 3 is 2.00 bits per heavy atom. The van der Waals surface area contributed by atoms with E-state index in [0.717, 1.165) is 28.7 Å². The van der Waals surface area contributed by atoms with Gasteiger partial charge in [0.05, 0.1) is 18.2 Å². The lowest BCUT2D eigenvalue weighted by molar-refractivity contribution is -0.171. The van der Waals surface area contributed by atoms with E-state index in [4.69, 9.17) is 4.74 Å². The van der Waals surface area contributed by atoms with Crippen molar-refractivity contribution >= 4 is 71.0 Å². The van der Waals surface area contributed by atoms with Gasteiger partial charge in [0, 0.05) is 98.4 Å². The number of hydrogen-bond donors (Lipinski definition) is 5. The van der Waals surface area contributed by atoms with Gasteiger partial charge in [-0.3, -0.25) is 48.1 Å². The summed E-state index contributed by atoms with van der Waals surface area (Å²) >= 11 is 1.20. The van der Waals surface area contributed by atoms with Crippen molar-refractivity contribution in [2.24, 2.45) is 11.3 Å². The zero-order valence-corrected chi connectivity index (χ0v) is 52.6. The molecule has 3 aromatic rings. The molecule has 0 bridgehead atoms. The van der Waals surface area contributed by atoms with Gasteiger partial charge in [-0.2, -0.15) is 11.8 Å². The fourth-order valence-electron chi connectivity index (χ4n) is 9.91. The molecule has 0 unspecified atom stereocenters. The van der Waals surface area contributed by atoms with Crippen LogP contribution in [0.2, 0.25) is 0 Å². The molecule has 0 spiro atoms. The number of carbonyl (C=O) groups is 10. The van der Waals surface area contributed by atoms with E-state index in [0.29, 0.717) is 37.1 Å². The summed E-state index contributed by atoms with van der Waals surface area (Å²) in [5.41, 5.74) is -0.716. The minimum Gasteiger partial charge on any atom is -0.481 e. The van der Waals surface area contributed by atoms with Crippen LogP contribution in [-0.2, 0) is 59.2 Å². The van der Waals surface area contributed by atoms with Crippen molar-refractivity contribution in [2.75, 3.05) is 37.7 Å². The van der Waals surface area contributed by atoms with Gasteiger partial charge in [-0.15, -0.1) is 0 Å². The molecule has 1 aliphatic heterocycles. The SMILES string of the molecule is CC(C)[C@H](NC(=O)CCCCCN1C(=O)C=CC1=O)C(=O)N[C@@H](C)C(=O)NCCCN(C(=O)CSCCC(=O)NCCC(=O)N([C@@H](CC(=O)O)C(=O)OC(C)(C)C)C(C)(C)C)[C@@H](c1cc(-c2cc(F)ccc2F)cn1Cc1ccccc1)C(C)(C)C. The number of carbonyl (C=O) groups excluding carboxylic acids is 9. The summed E-state index contributed by atoms with van der Waals surface area (Å²) in [5.74, 6) is -7.20. The van der Waals surface area contributed by atoms with E-state index in [9.17, 15) is 57.4 Å². The normalized spacial score (nSPS) is 14.1. The van der Waals surface area contributed by atoms with E-state index in [-0.39, 0.29) is 98.5 Å². The molecular formula is C63H88F2N8O12S. The third kappa shape index (κ3) is 22.4. The van der Waals surface area contributed by atoms with E-state index in [2.05, 4.69) is 21.3 Å². The van der Waals surface area contributed by atoms with Crippen LogP contribution in [0.5, 0.6) is 0 Å². The molecule has 0 radical (unpaired) electrons. The van der Waals surface area contributed by atoms with Gasteiger partial charge in [-0.05, 0) is 109 Å². The van der Waals surface area contributed by atoms with E-state index >= 15 is 4.39 Å². The first-order valence-corrected chi connectivity index (χ1v) is 30.3. The standard InChI is InChI=1S/C63H88F2N8O12S/c1-40(2)56(69-50(75)22-17-14-18-31-71-51(76)25-26-52(71)77)59(83)68-41(3)58(82)67-29-19-32-72(57(61(4,5)6)47-34-43(45-35-44(64)23-24-46(45)65)38-70(47)37-42-20-15-13-16-21-42)54(79)39-86-33-28-49(74)66-30-27-53(78)73(62(7,8)9)48(36-55(80)81)60(84)85-63(10,11)12/h13,15-16,20-21,23-26,34-35,38,40-41,48,56-57H,14,17-19,22,27-33,36-37,39H2,1-12H3,(H,66,74)(H,67,82)(H,68,83)(H,69,75)(H,80,81)/t41-,48-,56-,57-/m0/s1. The fourth-order valence-corrected chi connectivity index (χ4v) is 10.7. The number of aromatic nitrogens is 1. The van der Waals surface area contributed by atoms with E-state index < -0.39 is 94.3 Å². The van der Waals surface area contributed by atoms with Crippen molar-refractivity contribution in [1.29, 1.82) is 0 Å². The van der Waals surface area contributed by atoms with Gasteiger partial charge in [-0.25, -0.2) is 13.6 Å². The highest BCUT2D eigenvalue weighted by atomic mass is 32.2. The van der Waals surface area contributed by atoms with Crippen LogP contribution in [0.25, 0.3) is 11.1 Å². The van der Waals surface area contributed by atoms with Gasteiger partial charge >= 0.3 is 11.9 Å². The highest BCUT2D eigenvalue weighted by Crippen LogP contribution is 2.41. The lowest BCUT2D eigenvalue weighted by Crippen LogP contribution is -2.56. The zero-order chi connectivity index (χ0) is 64.3. The van der Waals surface area contributed by atoms with Crippen LogP contribution in [0.15, 0.2) is 72.9 Å². The minimum absolute atomic E-state index is 0.0281. The average molecular weight is 1220 g/mol. The Kier molecular flexibility index (Phi) is 26.7. The number of nitrogens with one attached hydrogen (secondary N) is 4. The van der Waals surface area contributed by atoms with Crippen molar-refractivity contribution in [3.8, 4) is 11.1 Å². The Morgan fingerprint density at radius 1 is 0.733 bits per heavy atom. The number of nitrogens with zero attached hydrogens (tertiary/aromatic N) is 4. The molecule has 2 aromatic carbocycles. The molecule has 0 saturated heterocycles. The van der Waals surface area contributed by atoms with Crippen molar-refractivity contribution in [3.63, 3.8) is 0 Å². The predicted octanol–water partition coefficient (Wildman–Crippen LogP) is 7.48. The molecule has 4 rings (SSSR count). The number of carboxylic acids is 1. The van der Waals surface area contributed by atoms with Crippen LogP contribution >= 0.6 is 11.8 Å². The third-order valence-electron chi connectivity index (χ3n) is 13.9. The second kappa shape index (κ2) is 32.3. The van der Waals surface area contributed by atoms with Crippen LogP contribution in [0.3, 0.4) is 0 Å². The Balaban J connectivity index is 1.48. The lowest BCUT2D eigenvalue weighted by atomic mass is 9.83. The minimum atomic E-state index is -1.43. The molecule has 1 aliphatic rings. The average Bonchev–Trinajstić information content (AvgIpc) is 1.98. The second-order valence-corrected chi connectivity index (χ2v) is 26.0. The number of imide groups is 1. The molecule has 0 fully saturated rings. The highest BCUT2D eigenvalue weighted by Gasteiger charge is 2.41. The second-order valence-electron chi connectivity index (χ2n) is 24.9. The summed E-state index contributed by atoms with van der Waals surface area (Å²) < 4.78 is 37.7. The Bertz CT molecular complexity index is 2890. The van der Waals surface area contributed by atoms with Gasteiger partial charge in [0.2, 0.25) is 35.4 Å². The Labute approximate surface area is 508 Å². The van der Waals surface area contributed by atoms with Crippen molar-refractivity contribution in [3.05, 3.63) is 95.8 Å². The van der Waals surface area contributed by atoms with E-state index in [1.54, 1.807) is 72.6 Å². The first-order chi connectivity index (χ1) is 40.2. The van der Waals surface area contributed by atoms with Crippen molar-refractivity contribution < 1.29 is 66.6 Å². The summed E-state index contributed by atoms with van der Waals surface area (Å²) in [6.45, 7) is 21.4. The first kappa shape index (κ1) is 71.1. The van der Waals surface area contributed by atoms with Gasteiger partial charge in [0.1, 0.15) is 35.4 Å². The van der Waals surface area contributed by atoms with Crippen LogP contribution in [-0.4, -0.2) is 151 Å². The van der Waals surface area contributed by atoms with Gasteiger partial charge in [-0.1, -0.05) is 71.4 Å². The number of amides is 8. The number of halogens is 2. The monoisotopic (exact) mass is 1220 g/mol. The summed E-state index contributed by atoms with van der Waals surface area (Å²) in [6, 6.07) is 10.4. The number of thioether (sulfide) groups is 1. The van der Waals surface area contributed by atoms with Gasteiger partial charge in [0.25, 0.3) is 11.8 Å². The molecule has 23 heteroatoms. The number of hydrogen-bond acceptors (Lipinski definition) is 12. The maximum atomic E-state index is 15.5.